The maximum Gasteiger partial charge on any atom is 0.243 e. The number of hydrogen-bond donors (Lipinski definition) is 2. The molecule has 0 bridgehead atoms. The third-order valence-corrected chi connectivity index (χ3v) is 6.48. The quantitative estimate of drug-likeness (QED) is 0.636. The third-order valence-electron chi connectivity index (χ3n) is 4.64. The van der Waals surface area contributed by atoms with Gasteiger partial charge in [0.15, 0.2) is 0 Å². The first-order chi connectivity index (χ1) is 13.9. The van der Waals surface area contributed by atoms with Crippen LogP contribution < -0.4 is 10.6 Å². The zero-order valence-electron chi connectivity index (χ0n) is 15.9. The summed E-state index contributed by atoms with van der Waals surface area (Å²) in [6.07, 6.45) is 1.33. The number of carbonyl (C=O) groups is 2. The molecule has 2 aromatic rings. The maximum absolute atomic E-state index is 12.6. The highest BCUT2D eigenvalue weighted by atomic mass is 32.2. The molecule has 1 aliphatic heterocycles. The van der Waals surface area contributed by atoms with Gasteiger partial charge in [-0.2, -0.15) is 4.31 Å². The molecule has 1 heterocycles. The first kappa shape index (κ1) is 20.8. The lowest BCUT2D eigenvalue weighted by Gasteiger charge is -2.38. The lowest BCUT2D eigenvalue weighted by Crippen LogP contribution is -2.60. The lowest BCUT2D eigenvalue weighted by molar-refractivity contribution is -0.120. The van der Waals surface area contributed by atoms with Crippen LogP contribution in [0.5, 0.6) is 0 Å². The molecule has 2 aromatic carbocycles. The summed E-state index contributed by atoms with van der Waals surface area (Å²) in [7, 11) is -3.61. The van der Waals surface area contributed by atoms with Gasteiger partial charge in [0.25, 0.3) is 0 Å². The summed E-state index contributed by atoms with van der Waals surface area (Å²) in [5.74, 6) is -0.449. The average Bonchev–Trinajstić information content (AvgIpc) is 2.69. The zero-order chi connectivity index (χ0) is 20.9. The second-order valence-corrected chi connectivity index (χ2v) is 8.75. The standard InChI is InChI=1S/C21H23N3O4S/c1-2-20(25)23-18-14-24(15-18)29(27,28)19-10-8-16(9-11-19)12-21(26)22-13-17-6-4-3-5-7-17/h2-11,18H,1,12-15H2,(H,22,26)(H,23,25). The average molecular weight is 413 g/mol. The van der Waals surface area contributed by atoms with E-state index in [1.54, 1.807) is 12.1 Å². The number of nitrogens with zero attached hydrogens (tertiary/aromatic N) is 1. The van der Waals surface area contributed by atoms with Crippen molar-refractivity contribution in [3.05, 3.63) is 78.4 Å². The Morgan fingerprint density at radius 2 is 1.69 bits per heavy atom. The molecule has 1 fully saturated rings. The summed E-state index contributed by atoms with van der Waals surface area (Å²) in [6, 6.07) is 15.7. The molecule has 0 atom stereocenters. The van der Waals surface area contributed by atoms with Crippen molar-refractivity contribution < 1.29 is 18.0 Å². The molecule has 152 valence electrons. The van der Waals surface area contributed by atoms with Crippen molar-refractivity contribution in [1.82, 2.24) is 14.9 Å². The maximum atomic E-state index is 12.6. The molecule has 7 nitrogen and oxygen atoms in total. The van der Waals surface area contributed by atoms with Gasteiger partial charge in [-0.25, -0.2) is 8.42 Å². The van der Waals surface area contributed by atoms with Crippen molar-refractivity contribution in [2.45, 2.75) is 23.9 Å². The largest absolute Gasteiger partial charge is 0.352 e. The minimum Gasteiger partial charge on any atom is -0.352 e. The number of carbonyl (C=O) groups excluding carboxylic acids is 2. The van der Waals surface area contributed by atoms with Gasteiger partial charge in [-0.1, -0.05) is 49.0 Å². The molecule has 3 rings (SSSR count). The van der Waals surface area contributed by atoms with Gasteiger partial charge in [0, 0.05) is 19.6 Å². The molecule has 0 unspecified atom stereocenters. The summed E-state index contributed by atoms with van der Waals surface area (Å²) < 4.78 is 26.6. The molecule has 0 aliphatic carbocycles. The third kappa shape index (κ3) is 5.30. The van der Waals surface area contributed by atoms with E-state index in [-0.39, 0.29) is 42.3 Å². The fraction of sp³-hybridized carbons (Fsp3) is 0.238. The molecule has 0 radical (unpaired) electrons. The number of benzene rings is 2. The summed E-state index contributed by atoms with van der Waals surface area (Å²) in [5.41, 5.74) is 1.74. The van der Waals surface area contributed by atoms with Crippen LogP contribution in [0.4, 0.5) is 0 Å². The van der Waals surface area contributed by atoms with E-state index in [4.69, 9.17) is 0 Å². The molecule has 1 aliphatic rings. The molecule has 1 saturated heterocycles. The second kappa shape index (κ2) is 9.02. The smallest absolute Gasteiger partial charge is 0.243 e. The topological polar surface area (TPSA) is 95.6 Å². The van der Waals surface area contributed by atoms with Crippen molar-refractivity contribution in [3.8, 4) is 0 Å². The summed E-state index contributed by atoms with van der Waals surface area (Å²) in [4.78, 5) is 23.5. The van der Waals surface area contributed by atoms with Gasteiger partial charge >= 0.3 is 0 Å². The van der Waals surface area contributed by atoms with E-state index in [2.05, 4.69) is 17.2 Å². The Hall–Kier alpha value is -2.97. The number of nitrogens with one attached hydrogen (secondary N) is 2. The monoisotopic (exact) mass is 413 g/mol. The predicted octanol–water partition coefficient (Wildman–Crippen LogP) is 1.22. The minimum atomic E-state index is -3.61. The van der Waals surface area contributed by atoms with Crippen LogP contribution in [0.3, 0.4) is 0 Å². The fourth-order valence-corrected chi connectivity index (χ4v) is 4.49. The van der Waals surface area contributed by atoms with Crippen LogP contribution in [-0.2, 0) is 32.6 Å². The van der Waals surface area contributed by atoms with Crippen LogP contribution in [0, 0.1) is 0 Å². The van der Waals surface area contributed by atoms with E-state index < -0.39 is 10.0 Å². The first-order valence-corrected chi connectivity index (χ1v) is 10.6. The molecule has 0 aromatic heterocycles. The van der Waals surface area contributed by atoms with Gasteiger partial charge in [0.05, 0.1) is 17.4 Å². The summed E-state index contributed by atoms with van der Waals surface area (Å²) in [6.45, 7) is 4.28. The van der Waals surface area contributed by atoms with E-state index in [1.165, 1.54) is 16.4 Å². The normalized spacial score (nSPS) is 14.6. The Bertz CT molecular complexity index is 982. The van der Waals surface area contributed by atoms with E-state index in [9.17, 15) is 18.0 Å². The van der Waals surface area contributed by atoms with Gasteiger partial charge < -0.3 is 10.6 Å². The van der Waals surface area contributed by atoms with Gasteiger partial charge in [0.1, 0.15) is 0 Å². The van der Waals surface area contributed by atoms with Gasteiger partial charge in [-0.3, -0.25) is 9.59 Å². The van der Waals surface area contributed by atoms with Crippen LogP contribution >= 0.6 is 0 Å². The van der Waals surface area contributed by atoms with Crippen LogP contribution in [0.1, 0.15) is 11.1 Å². The SMILES string of the molecule is C=CC(=O)NC1CN(S(=O)(=O)c2ccc(CC(=O)NCc3ccccc3)cc2)C1. The Morgan fingerprint density at radius 3 is 2.31 bits per heavy atom. The van der Waals surface area contributed by atoms with Crippen molar-refractivity contribution in [1.29, 1.82) is 0 Å². The molecule has 29 heavy (non-hydrogen) atoms. The Kier molecular flexibility index (Phi) is 6.46. The predicted molar refractivity (Wildman–Crippen MR) is 109 cm³/mol. The molecular weight excluding hydrogens is 390 g/mol. The van der Waals surface area contributed by atoms with E-state index in [0.29, 0.717) is 6.54 Å². The minimum absolute atomic E-state index is 0.131. The number of sulfonamides is 1. The highest BCUT2D eigenvalue weighted by Crippen LogP contribution is 2.22. The van der Waals surface area contributed by atoms with Crippen LogP contribution in [0.25, 0.3) is 0 Å². The summed E-state index contributed by atoms with van der Waals surface area (Å²) >= 11 is 0. The highest BCUT2D eigenvalue weighted by Gasteiger charge is 2.37. The van der Waals surface area contributed by atoms with E-state index >= 15 is 0 Å². The zero-order valence-corrected chi connectivity index (χ0v) is 16.7. The van der Waals surface area contributed by atoms with Crippen molar-refractivity contribution >= 4 is 21.8 Å². The van der Waals surface area contributed by atoms with Crippen molar-refractivity contribution in [2.75, 3.05) is 13.1 Å². The van der Waals surface area contributed by atoms with Crippen molar-refractivity contribution in [3.63, 3.8) is 0 Å². The molecular formula is C21H23N3O4S. The Balaban J connectivity index is 1.52. The van der Waals surface area contributed by atoms with Crippen molar-refractivity contribution in [2.24, 2.45) is 0 Å². The van der Waals surface area contributed by atoms with Gasteiger partial charge in [-0.05, 0) is 29.3 Å². The van der Waals surface area contributed by atoms with Crippen LogP contribution in [0.2, 0.25) is 0 Å². The Labute approximate surface area is 170 Å². The van der Waals surface area contributed by atoms with Crippen LogP contribution in [0.15, 0.2) is 72.1 Å². The number of rotatable bonds is 8. The molecule has 8 heteroatoms. The summed E-state index contributed by atoms with van der Waals surface area (Å²) in [5, 5.41) is 5.51. The highest BCUT2D eigenvalue weighted by molar-refractivity contribution is 7.89. The first-order valence-electron chi connectivity index (χ1n) is 9.21. The van der Waals surface area contributed by atoms with E-state index in [0.717, 1.165) is 17.2 Å². The number of amides is 2. The molecule has 0 saturated carbocycles. The van der Waals surface area contributed by atoms with Gasteiger partial charge in [-0.15, -0.1) is 0 Å². The van der Waals surface area contributed by atoms with Crippen LogP contribution in [-0.4, -0.2) is 43.7 Å². The Morgan fingerprint density at radius 1 is 1.03 bits per heavy atom. The fourth-order valence-electron chi connectivity index (χ4n) is 2.96. The molecule has 0 spiro atoms. The lowest BCUT2D eigenvalue weighted by atomic mass is 10.1. The van der Waals surface area contributed by atoms with E-state index in [1.807, 2.05) is 30.3 Å². The van der Waals surface area contributed by atoms with Gasteiger partial charge in [0.2, 0.25) is 21.8 Å². The number of hydrogen-bond acceptors (Lipinski definition) is 4. The molecule has 2 N–H and O–H groups in total. The molecule has 2 amide bonds. The second-order valence-electron chi connectivity index (χ2n) is 6.81.